The number of carbonyl (C=O) groups is 2. The Balaban J connectivity index is 2.95. The van der Waals surface area contributed by atoms with Gasteiger partial charge in [-0.05, 0) is 40.8 Å². The molecule has 7 heteroatoms. The van der Waals surface area contributed by atoms with Crippen LogP contribution in [0.25, 0.3) is 0 Å². The fraction of sp³-hybridized carbons (Fsp3) is 0. The third-order valence-electron chi connectivity index (χ3n) is 1.76. The maximum atomic E-state index is 13.3. The van der Waals surface area contributed by atoms with Crippen molar-refractivity contribution in [3.8, 4) is 0 Å². The van der Waals surface area contributed by atoms with Gasteiger partial charge in [-0.3, -0.25) is 0 Å². The van der Waals surface area contributed by atoms with Crippen molar-refractivity contribution in [1.82, 2.24) is 0 Å². The van der Waals surface area contributed by atoms with Gasteiger partial charge in [0.15, 0.2) is 5.57 Å². The predicted molar refractivity (Wildman–Crippen MR) is 66.1 cm³/mol. The fourth-order valence-electron chi connectivity index (χ4n) is 0.971. The van der Waals surface area contributed by atoms with Crippen LogP contribution in [0.3, 0.4) is 0 Å². The van der Waals surface area contributed by atoms with Gasteiger partial charge in [-0.1, -0.05) is 0 Å². The van der Waals surface area contributed by atoms with Crippen molar-refractivity contribution in [3.05, 3.63) is 39.4 Å². The first-order chi connectivity index (χ1) is 7.91. The van der Waals surface area contributed by atoms with Gasteiger partial charge in [-0.15, -0.1) is 0 Å². The molecule has 0 aliphatic carbocycles. The average molecular weight is 351 g/mol. The molecule has 0 unspecified atom stereocenters. The molecule has 0 spiro atoms. The average Bonchev–Trinajstić information content (AvgIpc) is 2.20. The maximum Gasteiger partial charge on any atom is 0.344 e. The molecule has 3 N–H and O–H groups in total. The third kappa shape index (κ3) is 3.70. The molecule has 0 radical (unpaired) electrons. The minimum absolute atomic E-state index is 0.00501. The third-order valence-corrected chi connectivity index (χ3v) is 2.43. The van der Waals surface area contributed by atoms with E-state index in [0.29, 0.717) is 3.57 Å². The van der Waals surface area contributed by atoms with Gasteiger partial charge in [0.05, 0.1) is 5.69 Å². The summed E-state index contributed by atoms with van der Waals surface area (Å²) in [5.74, 6) is -3.80. The lowest BCUT2D eigenvalue weighted by molar-refractivity contribution is -0.140. The van der Waals surface area contributed by atoms with Crippen LogP contribution in [-0.2, 0) is 9.59 Å². The SMILES string of the molecule is O=C(O)C(=CNc1ccc(I)cc1F)C(=O)O. The van der Waals surface area contributed by atoms with E-state index in [1.54, 1.807) is 6.07 Å². The summed E-state index contributed by atoms with van der Waals surface area (Å²) in [5, 5.41) is 19.4. The summed E-state index contributed by atoms with van der Waals surface area (Å²) >= 11 is 1.91. The molecule has 0 aromatic heterocycles. The molecule has 0 fully saturated rings. The number of benzene rings is 1. The summed E-state index contributed by atoms with van der Waals surface area (Å²) in [6, 6.07) is 4.22. The minimum Gasteiger partial charge on any atom is -0.477 e. The highest BCUT2D eigenvalue weighted by Gasteiger charge is 2.15. The van der Waals surface area contributed by atoms with E-state index >= 15 is 0 Å². The highest BCUT2D eigenvalue weighted by atomic mass is 127. The largest absolute Gasteiger partial charge is 0.477 e. The highest BCUT2D eigenvalue weighted by molar-refractivity contribution is 14.1. The first-order valence-corrected chi connectivity index (χ1v) is 5.38. The van der Waals surface area contributed by atoms with Crippen LogP contribution in [0.2, 0.25) is 0 Å². The maximum absolute atomic E-state index is 13.3. The molecule has 0 aliphatic rings. The fourth-order valence-corrected chi connectivity index (χ4v) is 1.42. The summed E-state index contributed by atoms with van der Waals surface area (Å²) in [7, 11) is 0. The summed E-state index contributed by atoms with van der Waals surface area (Å²) in [6.45, 7) is 0. The molecule has 1 aromatic rings. The van der Waals surface area contributed by atoms with E-state index in [-0.39, 0.29) is 5.69 Å². The number of halogens is 2. The Labute approximate surface area is 109 Å². The van der Waals surface area contributed by atoms with Crippen LogP contribution in [-0.4, -0.2) is 22.2 Å². The summed E-state index contributed by atoms with van der Waals surface area (Å²) in [5.41, 5.74) is -0.867. The summed E-state index contributed by atoms with van der Waals surface area (Å²) in [6.07, 6.45) is 0.732. The van der Waals surface area contributed by atoms with Gasteiger partial charge in [0, 0.05) is 9.77 Å². The Hall–Kier alpha value is -1.64. The van der Waals surface area contributed by atoms with Gasteiger partial charge in [0.25, 0.3) is 0 Å². The first kappa shape index (κ1) is 13.4. The molecule has 0 heterocycles. The van der Waals surface area contributed by atoms with Crippen molar-refractivity contribution in [2.24, 2.45) is 0 Å². The van der Waals surface area contributed by atoms with Crippen molar-refractivity contribution in [1.29, 1.82) is 0 Å². The molecule has 90 valence electrons. The second kappa shape index (κ2) is 5.62. The molecule has 17 heavy (non-hydrogen) atoms. The lowest BCUT2D eigenvalue weighted by Crippen LogP contribution is -2.13. The molecule has 0 saturated heterocycles. The lowest BCUT2D eigenvalue weighted by Gasteiger charge is -2.03. The quantitative estimate of drug-likeness (QED) is 0.334. The van der Waals surface area contributed by atoms with Crippen LogP contribution in [0.15, 0.2) is 30.0 Å². The molecule has 0 atom stereocenters. The van der Waals surface area contributed by atoms with Crippen molar-refractivity contribution in [3.63, 3.8) is 0 Å². The second-order valence-electron chi connectivity index (χ2n) is 2.94. The van der Waals surface area contributed by atoms with Crippen LogP contribution in [0.1, 0.15) is 0 Å². The zero-order valence-corrected chi connectivity index (χ0v) is 10.4. The molecule has 1 rings (SSSR count). The number of hydrogen-bond donors (Lipinski definition) is 3. The first-order valence-electron chi connectivity index (χ1n) is 4.30. The van der Waals surface area contributed by atoms with Crippen molar-refractivity contribution < 1.29 is 24.2 Å². The van der Waals surface area contributed by atoms with Crippen LogP contribution >= 0.6 is 22.6 Å². The standard InChI is InChI=1S/C10H7FINO4/c11-7-3-5(12)1-2-8(7)13-4-6(9(14)15)10(16)17/h1-4,13H,(H,14,15)(H,16,17). The van der Waals surface area contributed by atoms with Gasteiger partial charge < -0.3 is 15.5 Å². The van der Waals surface area contributed by atoms with Gasteiger partial charge in [0.1, 0.15) is 5.82 Å². The molecule has 5 nitrogen and oxygen atoms in total. The molecule has 0 aliphatic heterocycles. The van der Waals surface area contributed by atoms with Gasteiger partial charge in [0.2, 0.25) is 0 Å². The monoisotopic (exact) mass is 351 g/mol. The lowest BCUT2D eigenvalue weighted by atomic mass is 10.2. The minimum atomic E-state index is -1.60. The van der Waals surface area contributed by atoms with E-state index in [4.69, 9.17) is 10.2 Å². The van der Waals surface area contributed by atoms with E-state index in [9.17, 15) is 14.0 Å². The van der Waals surface area contributed by atoms with Crippen LogP contribution in [0, 0.1) is 9.39 Å². The zero-order valence-electron chi connectivity index (χ0n) is 8.28. The number of carboxylic acids is 2. The smallest absolute Gasteiger partial charge is 0.344 e. The second-order valence-corrected chi connectivity index (χ2v) is 4.18. The van der Waals surface area contributed by atoms with Crippen molar-refractivity contribution in [2.45, 2.75) is 0 Å². The number of nitrogens with one attached hydrogen (secondary N) is 1. The molecular weight excluding hydrogens is 344 g/mol. The van der Waals surface area contributed by atoms with Crippen molar-refractivity contribution >= 4 is 40.2 Å². The number of rotatable bonds is 4. The van der Waals surface area contributed by atoms with E-state index in [0.717, 1.165) is 6.20 Å². The number of carboxylic acid groups (broad SMARTS) is 2. The number of hydrogen-bond acceptors (Lipinski definition) is 3. The van der Waals surface area contributed by atoms with Crippen LogP contribution in [0.4, 0.5) is 10.1 Å². The van der Waals surface area contributed by atoms with Gasteiger partial charge in [-0.2, -0.15) is 0 Å². The molecule has 0 amide bonds. The number of aliphatic carboxylic acids is 2. The Morgan fingerprint density at radius 3 is 2.35 bits per heavy atom. The normalized spacial score (nSPS) is 9.53. The molecular formula is C10H7FINO4. The number of anilines is 1. The molecule has 0 saturated carbocycles. The van der Waals surface area contributed by atoms with E-state index in [2.05, 4.69) is 5.32 Å². The Bertz CT molecular complexity index is 485. The van der Waals surface area contributed by atoms with E-state index in [1.165, 1.54) is 12.1 Å². The van der Waals surface area contributed by atoms with Crippen LogP contribution in [0.5, 0.6) is 0 Å². The summed E-state index contributed by atoms with van der Waals surface area (Å²) < 4.78 is 14.0. The Morgan fingerprint density at radius 1 is 1.29 bits per heavy atom. The van der Waals surface area contributed by atoms with E-state index in [1.807, 2.05) is 22.6 Å². The molecule has 1 aromatic carbocycles. The Kier molecular flexibility index (Phi) is 4.44. The van der Waals surface area contributed by atoms with E-state index < -0.39 is 23.3 Å². The zero-order chi connectivity index (χ0) is 13.0. The summed E-state index contributed by atoms with van der Waals surface area (Å²) in [4.78, 5) is 21.0. The highest BCUT2D eigenvalue weighted by Crippen LogP contribution is 2.17. The Morgan fingerprint density at radius 2 is 1.88 bits per heavy atom. The predicted octanol–water partition coefficient (Wildman–Crippen LogP) is 1.90. The van der Waals surface area contributed by atoms with Gasteiger partial charge in [-0.25, -0.2) is 14.0 Å². The van der Waals surface area contributed by atoms with Gasteiger partial charge >= 0.3 is 11.9 Å². The van der Waals surface area contributed by atoms with Crippen LogP contribution < -0.4 is 5.32 Å². The topological polar surface area (TPSA) is 86.6 Å². The van der Waals surface area contributed by atoms with Crippen molar-refractivity contribution in [2.75, 3.05) is 5.32 Å². The molecule has 0 bridgehead atoms.